The van der Waals surface area contributed by atoms with Gasteiger partial charge < -0.3 is 9.13 Å². The molecule has 0 fully saturated rings. The molecule has 0 unspecified atom stereocenters. The fraction of sp³-hybridized carbons (Fsp3) is 0. The fourth-order valence-corrected chi connectivity index (χ4v) is 7.68. The zero-order valence-electron chi connectivity index (χ0n) is 27.2. The predicted octanol–water partition coefficient (Wildman–Crippen LogP) is 12.5. The van der Waals surface area contributed by atoms with E-state index >= 15 is 0 Å². The van der Waals surface area contributed by atoms with Crippen LogP contribution >= 0.6 is 0 Å². The normalized spacial score (nSPS) is 11.4. The molecule has 0 spiro atoms. The Balaban J connectivity index is 1.15. The lowest BCUT2D eigenvalue weighted by Crippen LogP contribution is -1.95. The first-order valence-corrected chi connectivity index (χ1v) is 17.0. The third-order valence-electron chi connectivity index (χ3n) is 10.0. The van der Waals surface area contributed by atoms with Crippen molar-refractivity contribution in [1.82, 2.24) is 9.13 Å². The second kappa shape index (κ2) is 11.4. The molecule has 2 aromatic heterocycles. The SMILES string of the molecule is c1ccc2c(c#1)c1cc3c(cc1n2-c1ccc(-c2ccccc2)cc1)c1ccccc1n3-c1ccc(-c2ccccc2-c2ccccc2)cc1. The number of fused-ring (bicyclic) bond motifs is 6. The van der Waals surface area contributed by atoms with Gasteiger partial charge in [-0.25, -0.2) is 0 Å². The van der Waals surface area contributed by atoms with Crippen LogP contribution < -0.4 is 0 Å². The molecule has 0 amide bonds. The summed E-state index contributed by atoms with van der Waals surface area (Å²) < 4.78 is 4.77. The number of rotatable bonds is 5. The number of para-hydroxylation sites is 1. The molecule has 0 N–H and O–H groups in total. The van der Waals surface area contributed by atoms with Crippen LogP contribution in [0.25, 0.3) is 88.4 Å². The van der Waals surface area contributed by atoms with Crippen molar-refractivity contribution in [2.24, 2.45) is 0 Å². The molecule has 2 heteroatoms. The van der Waals surface area contributed by atoms with E-state index in [1.807, 2.05) is 6.07 Å². The van der Waals surface area contributed by atoms with E-state index in [1.54, 1.807) is 0 Å². The smallest absolute Gasteiger partial charge is 0.0631 e. The van der Waals surface area contributed by atoms with E-state index in [4.69, 9.17) is 0 Å². The van der Waals surface area contributed by atoms with Crippen molar-refractivity contribution in [3.8, 4) is 44.8 Å². The van der Waals surface area contributed by atoms with Crippen LogP contribution in [-0.4, -0.2) is 9.13 Å². The number of nitrogens with zero attached hydrogens (tertiary/aromatic N) is 2. The molecule has 0 saturated heterocycles. The van der Waals surface area contributed by atoms with Crippen molar-refractivity contribution in [3.63, 3.8) is 0 Å². The average Bonchev–Trinajstić information content (AvgIpc) is 3.70. The highest BCUT2D eigenvalue weighted by atomic mass is 15.0. The highest BCUT2D eigenvalue weighted by Crippen LogP contribution is 2.40. The largest absolute Gasteiger partial charge is 0.309 e. The molecule has 0 radical (unpaired) electrons. The first-order chi connectivity index (χ1) is 24.8. The Bertz CT molecular complexity index is 2820. The summed E-state index contributed by atoms with van der Waals surface area (Å²) in [4.78, 5) is 0. The minimum absolute atomic E-state index is 1.07. The van der Waals surface area contributed by atoms with E-state index in [0.717, 1.165) is 33.2 Å². The Kier molecular flexibility index (Phi) is 6.44. The lowest BCUT2D eigenvalue weighted by molar-refractivity contribution is 1.17. The van der Waals surface area contributed by atoms with Gasteiger partial charge in [-0.3, -0.25) is 0 Å². The summed E-state index contributed by atoms with van der Waals surface area (Å²) in [6, 6.07) is 72.0. The molecular weight excluding hydrogens is 605 g/mol. The third-order valence-corrected chi connectivity index (χ3v) is 10.0. The standard InChI is InChI=1S/C48H30N2/c1-3-13-33(14-4-1)34-23-27-37(28-24-34)49-45-21-11-9-19-41(45)43-32-48-44(31-47(43)49)42-20-10-12-22-46(42)50(48)38-29-25-36(26-30-38)40-18-8-7-17-39(40)35-15-5-2-6-16-35/h1-8,10-18,20-32H. The number of hydrogen-bond donors (Lipinski definition) is 0. The van der Waals surface area contributed by atoms with Crippen LogP contribution in [0.4, 0.5) is 0 Å². The summed E-state index contributed by atoms with van der Waals surface area (Å²) in [7, 11) is 0. The van der Waals surface area contributed by atoms with Gasteiger partial charge in [0.1, 0.15) is 0 Å². The molecule has 2 heterocycles. The van der Waals surface area contributed by atoms with Crippen molar-refractivity contribution < 1.29 is 0 Å². The summed E-state index contributed by atoms with van der Waals surface area (Å²) in [5, 5.41) is 4.69. The summed E-state index contributed by atoms with van der Waals surface area (Å²) in [6.07, 6.45) is 0. The number of benzene rings is 7. The highest BCUT2D eigenvalue weighted by Gasteiger charge is 2.19. The van der Waals surface area contributed by atoms with E-state index in [9.17, 15) is 0 Å². The average molecular weight is 635 g/mol. The molecule has 0 bridgehead atoms. The van der Waals surface area contributed by atoms with Crippen molar-refractivity contribution in [3.05, 3.63) is 194 Å². The summed E-state index contributed by atoms with van der Waals surface area (Å²) in [5.74, 6) is 0. The Morgan fingerprint density at radius 1 is 0.340 bits per heavy atom. The molecular formula is C48H30N2. The third kappa shape index (κ3) is 4.45. The van der Waals surface area contributed by atoms with E-state index in [1.165, 1.54) is 55.2 Å². The number of hydrogen-bond acceptors (Lipinski definition) is 0. The fourth-order valence-electron chi connectivity index (χ4n) is 7.68. The van der Waals surface area contributed by atoms with Crippen molar-refractivity contribution in [2.75, 3.05) is 0 Å². The van der Waals surface area contributed by atoms with Gasteiger partial charge in [-0.15, -0.1) is 0 Å². The lowest BCUT2D eigenvalue weighted by atomic mass is 9.94. The molecule has 0 saturated carbocycles. The molecule has 50 heavy (non-hydrogen) atoms. The van der Waals surface area contributed by atoms with E-state index in [2.05, 4.69) is 197 Å². The van der Waals surface area contributed by atoms with Gasteiger partial charge in [-0.1, -0.05) is 140 Å². The van der Waals surface area contributed by atoms with E-state index in [0.29, 0.717) is 0 Å². The van der Waals surface area contributed by atoms with Gasteiger partial charge >= 0.3 is 0 Å². The van der Waals surface area contributed by atoms with Gasteiger partial charge in [0.25, 0.3) is 0 Å². The first-order valence-electron chi connectivity index (χ1n) is 17.0. The van der Waals surface area contributed by atoms with Crippen molar-refractivity contribution in [1.29, 1.82) is 0 Å². The Morgan fingerprint density at radius 3 is 1.54 bits per heavy atom. The minimum atomic E-state index is 1.07. The van der Waals surface area contributed by atoms with Crippen LogP contribution in [0.15, 0.2) is 182 Å². The Labute approximate surface area is 290 Å². The second-order valence-electron chi connectivity index (χ2n) is 12.8. The van der Waals surface area contributed by atoms with Crippen molar-refractivity contribution >= 4 is 43.6 Å². The molecule has 0 aliphatic heterocycles. The predicted molar refractivity (Wildman–Crippen MR) is 209 cm³/mol. The maximum absolute atomic E-state index is 3.47. The maximum Gasteiger partial charge on any atom is 0.0631 e. The Morgan fingerprint density at radius 2 is 0.840 bits per heavy atom. The molecule has 232 valence electrons. The van der Waals surface area contributed by atoms with Gasteiger partial charge in [-0.05, 0) is 88.0 Å². The minimum Gasteiger partial charge on any atom is -0.309 e. The van der Waals surface area contributed by atoms with Crippen LogP contribution in [0.5, 0.6) is 0 Å². The van der Waals surface area contributed by atoms with Gasteiger partial charge in [0.2, 0.25) is 0 Å². The summed E-state index contributed by atoms with van der Waals surface area (Å²) >= 11 is 0. The van der Waals surface area contributed by atoms with Gasteiger partial charge in [0.05, 0.1) is 27.5 Å². The lowest BCUT2D eigenvalue weighted by Gasteiger charge is -2.13. The molecule has 8 aromatic carbocycles. The van der Waals surface area contributed by atoms with E-state index < -0.39 is 0 Å². The molecule has 0 aliphatic carbocycles. The number of aromatic nitrogens is 2. The summed E-state index contributed by atoms with van der Waals surface area (Å²) in [6.45, 7) is 0. The van der Waals surface area contributed by atoms with E-state index in [-0.39, 0.29) is 0 Å². The monoisotopic (exact) mass is 634 g/mol. The van der Waals surface area contributed by atoms with Crippen LogP contribution in [0.2, 0.25) is 0 Å². The molecule has 10 aromatic rings. The maximum atomic E-state index is 3.47. The molecule has 10 rings (SSSR count). The molecule has 2 nitrogen and oxygen atoms in total. The second-order valence-corrected chi connectivity index (χ2v) is 12.8. The van der Waals surface area contributed by atoms with Crippen LogP contribution in [0.1, 0.15) is 0 Å². The van der Waals surface area contributed by atoms with Gasteiger partial charge in [0, 0.05) is 27.5 Å². The van der Waals surface area contributed by atoms with Crippen LogP contribution in [0.3, 0.4) is 0 Å². The Hall–Kier alpha value is -6.82. The zero-order valence-corrected chi connectivity index (χ0v) is 27.2. The van der Waals surface area contributed by atoms with Gasteiger partial charge in [-0.2, -0.15) is 0 Å². The zero-order chi connectivity index (χ0) is 33.0. The van der Waals surface area contributed by atoms with Gasteiger partial charge in [0.15, 0.2) is 0 Å². The first kappa shape index (κ1) is 28.2. The highest BCUT2D eigenvalue weighted by molar-refractivity contribution is 6.18. The molecule has 0 atom stereocenters. The quantitative estimate of drug-likeness (QED) is 0.178. The molecule has 0 aliphatic rings. The van der Waals surface area contributed by atoms with Crippen molar-refractivity contribution in [2.45, 2.75) is 0 Å². The summed E-state index contributed by atoms with van der Waals surface area (Å²) in [5.41, 5.74) is 14.2. The van der Waals surface area contributed by atoms with Crippen LogP contribution in [0, 0.1) is 12.1 Å². The topological polar surface area (TPSA) is 9.86 Å². The van der Waals surface area contributed by atoms with Crippen LogP contribution in [-0.2, 0) is 0 Å².